The van der Waals surface area contributed by atoms with Gasteiger partial charge in [0.05, 0.1) is 27.8 Å². The molecule has 0 N–H and O–H groups in total. The first-order chi connectivity index (χ1) is 20.0. The highest BCUT2D eigenvalue weighted by atomic mass is 35.5. The molecule has 1 unspecified atom stereocenters. The summed E-state index contributed by atoms with van der Waals surface area (Å²) < 4.78 is 106. The van der Waals surface area contributed by atoms with Crippen LogP contribution in [0.4, 0.5) is 30.7 Å². The van der Waals surface area contributed by atoms with Crippen molar-refractivity contribution >= 4 is 40.7 Å². The summed E-state index contributed by atoms with van der Waals surface area (Å²) in [6.07, 6.45) is -8.01. The van der Waals surface area contributed by atoms with Gasteiger partial charge >= 0.3 is 18.0 Å². The maximum atomic E-state index is 14.6. The van der Waals surface area contributed by atoms with Gasteiger partial charge in [-0.05, 0) is 38.0 Å². The third-order valence-corrected chi connectivity index (χ3v) is 7.76. The molecule has 2 aromatic heterocycles. The van der Waals surface area contributed by atoms with E-state index in [0.717, 1.165) is 17.5 Å². The quantitative estimate of drug-likeness (QED) is 0.131. The Kier molecular flexibility index (Phi) is 9.30. The minimum Gasteiger partial charge on any atom is -0.354 e. The number of nitrogens with zero attached hydrogens (tertiary/aromatic N) is 4. The maximum absolute atomic E-state index is 14.6. The molecule has 7 nitrogen and oxygen atoms in total. The van der Waals surface area contributed by atoms with Crippen molar-refractivity contribution in [2.45, 2.75) is 56.2 Å². The van der Waals surface area contributed by atoms with Gasteiger partial charge in [0, 0.05) is 49.3 Å². The van der Waals surface area contributed by atoms with Crippen LogP contribution in [0.3, 0.4) is 0 Å². The molecule has 3 aromatic rings. The molecule has 17 heteroatoms. The van der Waals surface area contributed by atoms with Crippen molar-refractivity contribution in [2.75, 3.05) is 14.2 Å². The number of carbonyl (C=O) groups excluding carboxylic acids is 1. The molecule has 1 fully saturated rings. The maximum Gasteiger partial charge on any atom is 0.435 e. The first kappa shape index (κ1) is 33.2. The topological polar surface area (TPSA) is 69.5 Å². The lowest BCUT2D eigenvalue weighted by Crippen LogP contribution is -2.50. The number of amides is 1. The van der Waals surface area contributed by atoms with Crippen LogP contribution in [0, 0.1) is 0 Å². The summed E-state index contributed by atoms with van der Waals surface area (Å²) in [7, 11) is 2.89. The Balaban J connectivity index is 1.70. The van der Waals surface area contributed by atoms with Gasteiger partial charge in [0.2, 0.25) is 0 Å². The Labute approximate surface area is 255 Å². The van der Waals surface area contributed by atoms with E-state index >= 15 is 0 Å². The molecule has 1 aromatic carbocycles. The molecule has 0 spiro atoms. The number of hydrogen-bond acceptors (Lipinski definition) is 5. The van der Waals surface area contributed by atoms with Crippen molar-refractivity contribution in [3.63, 3.8) is 0 Å². The molecule has 43 heavy (non-hydrogen) atoms. The zero-order valence-corrected chi connectivity index (χ0v) is 24.7. The molecule has 4 rings (SSSR count). The molecular weight excluding hydrogens is 656 g/mol. The van der Waals surface area contributed by atoms with E-state index in [1.165, 1.54) is 38.9 Å². The average molecular weight is 678 g/mol. The fourth-order valence-electron chi connectivity index (χ4n) is 4.62. The molecule has 234 valence electrons. The van der Waals surface area contributed by atoms with Crippen LogP contribution in [0.2, 0.25) is 15.2 Å². The monoisotopic (exact) mass is 676 g/mol. The second-order valence-corrected chi connectivity index (χ2v) is 10.9. The standard InChI is InChI=1S/C26H22Cl3F7N4O3/c1-12(23(42-2)43-3)40(16-4-5-16)22(41)17-6-13(9-37-21(17)29)14-10-38-39(11-14)20-18(27)7-15(8-19(20)28)24(30,25(31,32)33)26(34,35)36/h6-12,16,23H,4-5H2,1-3H3. The smallest absolute Gasteiger partial charge is 0.354 e. The van der Waals surface area contributed by atoms with E-state index in [1.807, 2.05) is 0 Å². The van der Waals surface area contributed by atoms with Gasteiger partial charge in [-0.15, -0.1) is 0 Å². The molecular formula is C26H22Cl3F7N4O3. The molecule has 1 saturated carbocycles. The Morgan fingerprint density at radius 3 is 2.00 bits per heavy atom. The van der Waals surface area contributed by atoms with Crippen LogP contribution in [0.25, 0.3) is 16.8 Å². The summed E-state index contributed by atoms with van der Waals surface area (Å²) in [4.78, 5) is 19.3. The fraction of sp³-hybridized carbons (Fsp3) is 0.423. The largest absolute Gasteiger partial charge is 0.435 e. The lowest BCUT2D eigenvalue weighted by atomic mass is 9.94. The Morgan fingerprint density at radius 2 is 1.51 bits per heavy atom. The second kappa shape index (κ2) is 12.0. The number of carbonyl (C=O) groups is 1. The summed E-state index contributed by atoms with van der Waals surface area (Å²) in [6.45, 7) is 1.76. The van der Waals surface area contributed by atoms with Gasteiger partial charge in [-0.25, -0.2) is 14.1 Å². The van der Waals surface area contributed by atoms with Crippen molar-refractivity contribution in [1.82, 2.24) is 19.7 Å². The second-order valence-electron chi connectivity index (χ2n) is 9.70. The van der Waals surface area contributed by atoms with Gasteiger partial charge in [0.25, 0.3) is 5.91 Å². The van der Waals surface area contributed by atoms with E-state index in [0.29, 0.717) is 11.1 Å². The molecule has 1 atom stereocenters. The van der Waals surface area contributed by atoms with Crippen LogP contribution in [0.1, 0.15) is 35.7 Å². The minimum atomic E-state index is -6.35. The number of hydrogen-bond donors (Lipinski definition) is 0. The highest BCUT2D eigenvalue weighted by Gasteiger charge is 2.73. The van der Waals surface area contributed by atoms with Crippen molar-refractivity contribution in [2.24, 2.45) is 0 Å². The lowest BCUT2D eigenvalue weighted by Gasteiger charge is -2.33. The zero-order chi connectivity index (χ0) is 32.1. The fourth-order valence-corrected chi connectivity index (χ4v) is 5.46. The summed E-state index contributed by atoms with van der Waals surface area (Å²) in [6, 6.07) is 1.27. The van der Waals surface area contributed by atoms with Crippen molar-refractivity contribution < 1.29 is 45.0 Å². The number of rotatable bonds is 9. The van der Waals surface area contributed by atoms with Gasteiger partial charge in [0.15, 0.2) is 6.29 Å². The highest BCUT2D eigenvalue weighted by Crippen LogP contribution is 2.54. The number of alkyl halides is 7. The predicted octanol–water partition coefficient (Wildman–Crippen LogP) is 7.80. The molecule has 0 saturated heterocycles. The molecule has 0 aliphatic heterocycles. The zero-order valence-electron chi connectivity index (χ0n) is 22.4. The van der Waals surface area contributed by atoms with E-state index in [1.54, 1.807) is 11.8 Å². The average Bonchev–Trinajstić information content (AvgIpc) is 3.63. The van der Waals surface area contributed by atoms with Crippen LogP contribution >= 0.6 is 34.8 Å². The summed E-state index contributed by atoms with van der Waals surface area (Å²) in [5, 5.41) is 2.47. The Morgan fingerprint density at radius 1 is 0.953 bits per heavy atom. The number of halogens is 10. The van der Waals surface area contributed by atoms with E-state index in [-0.39, 0.29) is 34.6 Å². The predicted molar refractivity (Wildman–Crippen MR) is 143 cm³/mol. The van der Waals surface area contributed by atoms with E-state index in [4.69, 9.17) is 44.3 Å². The van der Waals surface area contributed by atoms with Gasteiger partial charge in [-0.1, -0.05) is 34.8 Å². The molecule has 1 amide bonds. The molecule has 2 heterocycles. The summed E-state index contributed by atoms with van der Waals surface area (Å²) in [5.74, 6) is -0.438. The summed E-state index contributed by atoms with van der Waals surface area (Å²) >= 11 is 18.3. The van der Waals surface area contributed by atoms with E-state index < -0.39 is 51.9 Å². The van der Waals surface area contributed by atoms with Gasteiger partial charge < -0.3 is 14.4 Å². The first-order valence-electron chi connectivity index (χ1n) is 12.4. The van der Waals surface area contributed by atoms with E-state index in [9.17, 15) is 35.5 Å². The molecule has 1 aliphatic rings. The van der Waals surface area contributed by atoms with Crippen LogP contribution in [-0.2, 0) is 15.1 Å². The molecule has 0 bridgehead atoms. The van der Waals surface area contributed by atoms with Gasteiger partial charge in [-0.3, -0.25) is 4.79 Å². The SMILES string of the molecule is COC(OC)C(C)N(C(=O)c1cc(-c2cnn(-c3c(Cl)cc(C(F)(C(F)(F)F)C(F)(F)F)cc3Cl)c2)cnc1Cl)C1CC1. The molecule has 1 aliphatic carbocycles. The van der Waals surface area contributed by atoms with Gasteiger partial charge in [0.1, 0.15) is 10.8 Å². The number of methoxy groups -OCH3 is 2. The number of ether oxygens (including phenoxy) is 2. The Hall–Kier alpha value is -2.65. The molecule has 0 radical (unpaired) electrons. The van der Waals surface area contributed by atoms with Crippen molar-refractivity contribution in [1.29, 1.82) is 0 Å². The van der Waals surface area contributed by atoms with Crippen molar-refractivity contribution in [3.8, 4) is 16.8 Å². The number of pyridine rings is 1. The van der Waals surface area contributed by atoms with E-state index in [2.05, 4.69) is 10.1 Å². The number of aromatic nitrogens is 3. The van der Waals surface area contributed by atoms with Crippen LogP contribution in [-0.4, -0.2) is 70.5 Å². The first-order valence-corrected chi connectivity index (χ1v) is 13.5. The third-order valence-electron chi connectivity index (χ3n) is 6.88. The van der Waals surface area contributed by atoms with Gasteiger partial charge in [-0.2, -0.15) is 31.4 Å². The third kappa shape index (κ3) is 6.17. The lowest BCUT2D eigenvalue weighted by molar-refractivity contribution is -0.348. The minimum absolute atomic E-state index is 0.0515. The summed E-state index contributed by atoms with van der Waals surface area (Å²) in [5.41, 5.74) is -7.20. The highest BCUT2D eigenvalue weighted by molar-refractivity contribution is 6.38. The Bertz CT molecular complexity index is 1470. The van der Waals surface area contributed by atoms with Crippen LogP contribution in [0.15, 0.2) is 36.8 Å². The van der Waals surface area contributed by atoms with Crippen LogP contribution in [0.5, 0.6) is 0 Å². The normalized spacial score (nSPS) is 15.2. The van der Waals surface area contributed by atoms with Crippen molar-refractivity contribution in [3.05, 3.63) is 63.1 Å². The number of benzene rings is 1. The van der Waals surface area contributed by atoms with Crippen LogP contribution < -0.4 is 0 Å².